The Balaban J connectivity index is 1.66. The van der Waals surface area contributed by atoms with Gasteiger partial charge in [-0.25, -0.2) is 22.8 Å². The number of sulfonamides is 1. The first-order chi connectivity index (χ1) is 20.1. The number of anilines is 1. The number of rotatable bonds is 9. The number of hydrogen-bond donors (Lipinski definition) is 1. The summed E-state index contributed by atoms with van der Waals surface area (Å²) in [6.45, 7) is 14.6. The largest absolute Gasteiger partial charge is 0.476 e. The van der Waals surface area contributed by atoms with Gasteiger partial charge < -0.3 is 9.64 Å². The van der Waals surface area contributed by atoms with Crippen molar-refractivity contribution in [2.45, 2.75) is 77.3 Å². The van der Waals surface area contributed by atoms with Gasteiger partial charge in [-0.15, -0.1) is 5.10 Å². The fourth-order valence-corrected chi connectivity index (χ4v) is 7.26. The first-order valence-electron chi connectivity index (χ1n) is 14.3. The minimum absolute atomic E-state index is 0.0196. The van der Waals surface area contributed by atoms with E-state index in [0.717, 1.165) is 25.5 Å². The molecule has 0 radical (unpaired) electrons. The minimum atomic E-state index is -4.45. The Morgan fingerprint density at radius 3 is 2.27 bits per heavy atom. The van der Waals surface area contributed by atoms with Crippen molar-refractivity contribution in [3.63, 3.8) is 0 Å². The molecule has 0 bridgehead atoms. The molecule has 14 heteroatoms. The van der Waals surface area contributed by atoms with Crippen LogP contribution in [0.15, 0.2) is 53.6 Å². The van der Waals surface area contributed by atoms with Crippen LogP contribution >= 0.6 is 0 Å². The second-order valence-electron chi connectivity index (χ2n) is 13.8. The van der Waals surface area contributed by atoms with E-state index >= 15 is 0 Å². The summed E-state index contributed by atoms with van der Waals surface area (Å²) in [5.74, 6) is -0.0190. The quantitative estimate of drug-likeness (QED) is 0.304. The van der Waals surface area contributed by atoms with E-state index in [0.29, 0.717) is 6.54 Å². The van der Waals surface area contributed by atoms with Gasteiger partial charge in [0.25, 0.3) is 15.9 Å². The molecular formula is C30H40F3N5O4SSi. The zero-order chi connectivity index (χ0) is 32.9. The molecule has 1 amide bonds. The maximum atomic E-state index is 13.6. The lowest BCUT2D eigenvalue weighted by Gasteiger charge is -2.34. The number of aromatic nitrogens is 3. The highest BCUT2D eigenvalue weighted by atomic mass is 32.2. The number of carbonyl (C=O) groups is 1. The van der Waals surface area contributed by atoms with Gasteiger partial charge in [0.1, 0.15) is 12.4 Å². The maximum Gasteiger partial charge on any atom is 0.397 e. The molecule has 240 valence electrons. The van der Waals surface area contributed by atoms with Gasteiger partial charge in [0, 0.05) is 24.3 Å². The summed E-state index contributed by atoms with van der Waals surface area (Å²) in [6.07, 6.45) is -2.14. The number of nitrogens with one attached hydrogen (secondary N) is 1. The summed E-state index contributed by atoms with van der Waals surface area (Å²) in [7, 11) is -5.83. The van der Waals surface area contributed by atoms with E-state index in [-0.39, 0.29) is 33.9 Å². The molecule has 1 aromatic carbocycles. The van der Waals surface area contributed by atoms with E-state index in [4.69, 9.17) is 9.72 Å². The second kappa shape index (κ2) is 11.5. The van der Waals surface area contributed by atoms with Gasteiger partial charge >= 0.3 is 6.18 Å². The standard InChI is InChI=1S/C30H40F3N5O4SSi/c1-20-17-29(4,5)37(18-20)26-23(27(39)36-43(40,41)21-9-11-22(12-10-21)44(6,7)8)13-14-24(34-26)38-16-15-25(35-38)42-19-28(2,3)30(31,32)33/h9-16,20H,17-19H2,1-8H3,(H,36,39)/t20-/m0/s1. The molecule has 1 fully saturated rings. The van der Waals surface area contributed by atoms with Crippen LogP contribution in [0.5, 0.6) is 5.88 Å². The number of hydrogen-bond acceptors (Lipinski definition) is 7. The Bertz CT molecular complexity index is 1630. The third-order valence-electron chi connectivity index (χ3n) is 7.84. The van der Waals surface area contributed by atoms with Crippen LogP contribution in [0.4, 0.5) is 19.0 Å². The first kappa shape index (κ1) is 33.5. The molecule has 1 aliphatic rings. The highest BCUT2D eigenvalue weighted by Gasteiger charge is 2.48. The number of alkyl halides is 3. The van der Waals surface area contributed by atoms with Gasteiger partial charge in [0.15, 0.2) is 5.82 Å². The van der Waals surface area contributed by atoms with Gasteiger partial charge in [-0.1, -0.05) is 43.9 Å². The molecule has 1 atom stereocenters. The summed E-state index contributed by atoms with van der Waals surface area (Å²) in [6, 6.07) is 11.0. The van der Waals surface area contributed by atoms with E-state index in [1.54, 1.807) is 12.1 Å². The molecule has 9 nitrogen and oxygen atoms in total. The van der Waals surface area contributed by atoms with Crippen molar-refractivity contribution in [3.8, 4) is 11.7 Å². The zero-order valence-corrected chi connectivity index (χ0v) is 28.1. The molecule has 1 N–H and O–H groups in total. The van der Waals surface area contributed by atoms with Gasteiger partial charge in [-0.3, -0.25) is 4.79 Å². The third-order valence-corrected chi connectivity index (χ3v) is 11.3. The highest BCUT2D eigenvalue weighted by Crippen LogP contribution is 2.39. The summed E-state index contributed by atoms with van der Waals surface area (Å²) >= 11 is 0. The lowest BCUT2D eigenvalue weighted by molar-refractivity contribution is -0.219. The molecule has 1 saturated heterocycles. The SMILES string of the molecule is C[C@@H]1CN(c2nc(-n3ccc(OCC(C)(C)C(F)(F)F)n3)ccc2C(=O)NS(=O)(=O)c2ccc([Si](C)(C)C)cc2)C(C)(C)C1. The number of pyridine rings is 1. The Kier molecular flexibility index (Phi) is 8.77. The van der Waals surface area contributed by atoms with Crippen LogP contribution in [0, 0.1) is 11.3 Å². The molecule has 1 aliphatic heterocycles. The Hall–Kier alpha value is -3.39. The molecule has 3 aromatic rings. The summed E-state index contributed by atoms with van der Waals surface area (Å²) in [5.41, 5.74) is -2.41. The Morgan fingerprint density at radius 2 is 1.73 bits per heavy atom. The van der Waals surface area contributed by atoms with E-state index in [9.17, 15) is 26.4 Å². The lowest BCUT2D eigenvalue weighted by atomic mass is 9.94. The summed E-state index contributed by atoms with van der Waals surface area (Å²) in [5, 5.41) is 5.32. The number of benzene rings is 1. The lowest BCUT2D eigenvalue weighted by Crippen LogP contribution is -2.41. The predicted molar refractivity (Wildman–Crippen MR) is 166 cm³/mol. The number of carbonyl (C=O) groups excluding carboxylic acids is 1. The van der Waals surface area contributed by atoms with Crippen molar-refractivity contribution >= 4 is 35.0 Å². The highest BCUT2D eigenvalue weighted by molar-refractivity contribution is 7.90. The van der Waals surface area contributed by atoms with Crippen LogP contribution in [0.1, 0.15) is 51.4 Å². The topological polar surface area (TPSA) is 106 Å². The molecule has 4 rings (SSSR count). The monoisotopic (exact) mass is 651 g/mol. The van der Waals surface area contributed by atoms with Crippen LogP contribution in [0.2, 0.25) is 19.6 Å². The van der Waals surface area contributed by atoms with Gasteiger partial charge in [0.2, 0.25) is 5.88 Å². The van der Waals surface area contributed by atoms with Gasteiger partial charge in [-0.2, -0.15) is 13.2 Å². The van der Waals surface area contributed by atoms with E-state index in [1.807, 2.05) is 18.7 Å². The molecule has 0 unspecified atom stereocenters. The summed E-state index contributed by atoms with van der Waals surface area (Å²) < 4.78 is 75.1. The zero-order valence-electron chi connectivity index (χ0n) is 26.3. The molecule has 44 heavy (non-hydrogen) atoms. The fraction of sp³-hybridized carbons (Fsp3) is 0.500. The number of halogens is 3. The van der Waals surface area contributed by atoms with Crippen LogP contribution in [-0.4, -0.2) is 62.0 Å². The third kappa shape index (κ3) is 7.11. The van der Waals surface area contributed by atoms with Crippen molar-refractivity contribution in [1.29, 1.82) is 0 Å². The first-order valence-corrected chi connectivity index (χ1v) is 19.3. The smallest absolute Gasteiger partial charge is 0.397 e. The molecular weight excluding hydrogens is 612 g/mol. The molecule has 2 aromatic heterocycles. The van der Waals surface area contributed by atoms with Crippen LogP contribution in [0.25, 0.3) is 5.82 Å². The maximum absolute atomic E-state index is 13.6. The Morgan fingerprint density at radius 1 is 1.09 bits per heavy atom. The Labute approximate surface area is 257 Å². The van der Waals surface area contributed by atoms with Crippen molar-refractivity contribution < 1.29 is 31.1 Å². The van der Waals surface area contributed by atoms with Gasteiger partial charge in [-0.05, 0) is 64.3 Å². The molecule has 3 heterocycles. The number of amides is 1. The second-order valence-corrected chi connectivity index (χ2v) is 20.5. The predicted octanol–water partition coefficient (Wildman–Crippen LogP) is 5.52. The van der Waals surface area contributed by atoms with E-state index in [2.05, 4.69) is 36.4 Å². The minimum Gasteiger partial charge on any atom is -0.476 e. The molecule has 0 saturated carbocycles. The normalized spacial score (nSPS) is 17.5. The van der Waals surface area contributed by atoms with Crippen molar-refractivity contribution in [2.24, 2.45) is 11.3 Å². The van der Waals surface area contributed by atoms with Crippen molar-refractivity contribution in [1.82, 2.24) is 19.5 Å². The average Bonchev–Trinajstić information content (AvgIpc) is 3.48. The van der Waals surface area contributed by atoms with Crippen molar-refractivity contribution in [3.05, 3.63) is 54.2 Å². The number of nitrogens with zero attached hydrogens (tertiary/aromatic N) is 4. The summed E-state index contributed by atoms with van der Waals surface area (Å²) in [4.78, 5) is 20.2. The molecule has 0 aliphatic carbocycles. The van der Waals surface area contributed by atoms with Crippen LogP contribution in [0.3, 0.4) is 0 Å². The van der Waals surface area contributed by atoms with E-state index < -0.39 is 47.7 Å². The van der Waals surface area contributed by atoms with E-state index in [1.165, 1.54) is 41.2 Å². The number of ether oxygens (including phenoxy) is 1. The van der Waals surface area contributed by atoms with Crippen molar-refractivity contribution in [2.75, 3.05) is 18.1 Å². The van der Waals surface area contributed by atoms with Crippen LogP contribution in [-0.2, 0) is 10.0 Å². The van der Waals surface area contributed by atoms with Gasteiger partial charge in [0.05, 0.1) is 23.9 Å². The fourth-order valence-electron chi connectivity index (χ4n) is 5.13. The average molecular weight is 652 g/mol. The molecule has 0 spiro atoms. The van der Waals surface area contributed by atoms with Crippen LogP contribution < -0.4 is 19.5 Å².